The van der Waals surface area contributed by atoms with Crippen molar-refractivity contribution in [3.8, 4) is 0 Å². The van der Waals surface area contributed by atoms with E-state index in [2.05, 4.69) is 5.32 Å². The number of hydrogen-bond acceptors (Lipinski definition) is 4. The Labute approximate surface area is 147 Å². The van der Waals surface area contributed by atoms with Crippen molar-refractivity contribution in [1.29, 1.82) is 0 Å². The third-order valence-corrected chi connectivity index (χ3v) is 5.49. The van der Waals surface area contributed by atoms with Crippen molar-refractivity contribution in [2.75, 3.05) is 19.4 Å². The van der Waals surface area contributed by atoms with Crippen LogP contribution in [0.15, 0.2) is 52.3 Å². The van der Waals surface area contributed by atoms with Gasteiger partial charge in [0.05, 0.1) is 4.90 Å². The van der Waals surface area contributed by atoms with Crippen molar-refractivity contribution in [3.63, 3.8) is 0 Å². The molecular formula is C17H21N3O4S. The highest BCUT2D eigenvalue weighted by Gasteiger charge is 2.18. The molecule has 1 aromatic carbocycles. The molecule has 7 nitrogen and oxygen atoms in total. The molecule has 0 saturated carbocycles. The Bertz CT molecular complexity index is 916. The van der Waals surface area contributed by atoms with E-state index < -0.39 is 21.5 Å². The van der Waals surface area contributed by atoms with Crippen LogP contribution in [-0.2, 0) is 27.8 Å². The van der Waals surface area contributed by atoms with Crippen LogP contribution in [0.1, 0.15) is 12.5 Å². The predicted octanol–water partition coefficient (Wildman–Crippen LogP) is 1.30. The summed E-state index contributed by atoms with van der Waals surface area (Å²) in [4.78, 5) is 24.0. The standard InChI is InChI=1S/C17H21N3O4S/c1-4-13-5-7-14(8-6-13)18-16(21)12-20-11-15(9-10-17(20)22)25(23,24)19(2)3/h5-11H,4,12H2,1-3H3,(H,18,21). The minimum atomic E-state index is -3.68. The zero-order valence-corrected chi connectivity index (χ0v) is 15.2. The fourth-order valence-corrected chi connectivity index (χ4v) is 3.10. The lowest BCUT2D eigenvalue weighted by atomic mass is 10.1. The molecule has 0 radical (unpaired) electrons. The van der Waals surface area contributed by atoms with E-state index >= 15 is 0 Å². The van der Waals surface area contributed by atoms with Gasteiger partial charge in [0, 0.05) is 32.0 Å². The van der Waals surface area contributed by atoms with Gasteiger partial charge in [0.2, 0.25) is 15.9 Å². The van der Waals surface area contributed by atoms with Crippen LogP contribution in [0.25, 0.3) is 0 Å². The van der Waals surface area contributed by atoms with Crippen LogP contribution in [0, 0.1) is 0 Å². The van der Waals surface area contributed by atoms with Crippen LogP contribution in [0.5, 0.6) is 0 Å². The van der Waals surface area contributed by atoms with Gasteiger partial charge in [-0.2, -0.15) is 0 Å². The first kappa shape index (κ1) is 18.9. The number of pyridine rings is 1. The van der Waals surface area contributed by atoms with E-state index in [4.69, 9.17) is 0 Å². The van der Waals surface area contributed by atoms with Crippen molar-refractivity contribution in [2.45, 2.75) is 24.8 Å². The summed E-state index contributed by atoms with van der Waals surface area (Å²) in [6.07, 6.45) is 2.08. The van der Waals surface area contributed by atoms with E-state index in [-0.39, 0.29) is 11.4 Å². The first-order chi connectivity index (χ1) is 11.7. The first-order valence-corrected chi connectivity index (χ1v) is 9.20. The molecule has 0 aliphatic carbocycles. The van der Waals surface area contributed by atoms with Gasteiger partial charge in [0.1, 0.15) is 6.54 Å². The number of nitrogens with one attached hydrogen (secondary N) is 1. The van der Waals surface area contributed by atoms with E-state index in [0.717, 1.165) is 26.9 Å². The maximum Gasteiger partial charge on any atom is 0.251 e. The Morgan fingerprint density at radius 3 is 2.32 bits per heavy atom. The minimum Gasteiger partial charge on any atom is -0.325 e. The summed E-state index contributed by atoms with van der Waals surface area (Å²) in [5.74, 6) is -0.411. The summed E-state index contributed by atoms with van der Waals surface area (Å²) in [5.41, 5.74) is 1.32. The topological polar surface area (TPSA) is 88.5 Å². The molecular weight excluding hydrogens is 342 g/mol. The van der Waals surface area contributed by atoms with E-state index in [9.17, 15) is 18.0 Å². The number of aryl methyl sites for hydroxylation is 1. The number of amides is 1. The van der Waals surface area contributed by atoms with Gasteiger partial charge < -0.3 is 9.88 Å². The van der Waals surface area contributed by atoms with Gasteiger partial charge in [-0.25, -0.2) is 12.7 Å². The number of aromatic nitrogens is 1. The first-order valence-electron chi connectivity index (χ1n) is 7.76. The molecule has 0 spiro atoms. The number of carbonyl (C=O) groups excluding carboxylic acids is 1. The van der Waals surface area contributed by atoms with E-state index in [1.54, 1.807) is 12.1 Å². The largest absolute Gasteiger partial charge is 0.325 e. The quantitative estimate of drug-likeness (QED) is 0.838. The highest BCUT2D eigenvalue weighted by molar-refractivity contribution is 7.89. The number of sulfonamides is 1. The molecule has 0 aliphatic rings. The molecule has 1 N–H and O–H groups in total. The third-order valence-electron chi connectivity index (χ3n) is 3.69. The smallest absolute Gasteiger partial charge is 0.251 e. The minimum absolute atomic E-state index is 0.0443. The van der Waals surface area contributed by atoms with Crippen molar-refractivity contribution < 1.29 is 13.2 Å². The highest BCUT2D eigenvalue weighted by atomic mass is 32.2. The predicted molar refractivity (Wildman–Crippen MR) is 96.0 cm³/mol. The Hall–Kier alpha value is -2.45. The molecule has 0 saturated heterocycles. The number of anilines is 1. The van der Waals surface area contributed by atoms with Gasteiger partial charge >= 0.3 is 0 Å². The number of hydrogen-bond donors (Lipinski definition) is 1. The molecule has 1 amide bonds. The third kappa shape index (κ3) is 4.55. The van der Waals surface area contributed by atoms with E-state index in [0.29, 0.717) is 5.69 Å². The summed E-state index contributed by atoms with van der Waals surface area (Å²) in [6, 6.07) is 9.76. The van der Waals surface area contributed by atoms with Crippen molar-refractivity contribution in [3.05, 3.63) is 58.5 Å². The summed E-state index contributed by atoms with van der Waals surface area (Å²) in [6.45, 7) is 1.76. The normalized spacial score (nSPS) is 11.5. The van der Waals surface area contributed by atoms with Crippen LogP contribution in [0.2, 0.25) is 0 Å². The SMILES string of the molecule is CCc1ccc(NC(=O)Cn2cc(S(=O)(=O)N(C)C)ccc2=O)cc1. The van der Waals surface area contributed by atoms with E-state index in [1.165, 1.54) is 26.4 Å². The van der Waals surface area contributed by atoms with Crippen LogP contribution in [0.4, 0.5) is 5.69 Å². The summed E-state index contributed by atoms with van der Waals surface area (Å²) in [5, 5.41) is 2.69. The molecule has 1 aromatic heterocycles. The molecule has 0 unspecified atom stereocenters. The zero-order chi connectivity index (χ0) is 18.6. The fourth-order valence-electron chi connectivity index (χ4n) is 2.18. The van der Waals surface area contributed by atoms with Crippen LogP contribution in [0.3, 0.4) is 0 Å². The van der Waals surface area contributed by atoms with Crippen molar-refractivity contribution in [1.82, 2.24) is 8.87 Å². The molecule has 8 heteroatoms. The molecule has 2 rings (SSSR count). The molecule has 2 aromatic rings. The van der Waals surface area contributed by atoms with Gasteiger partial charge in [0.25, 0.3) is 5.56 Å². The number of nitrogens with zero attached hydrogens (tertiary/aromatic N) is 2. The van der Waals surface area contributed by atoms with Gasteiger partial charge in [-0.1, -0.05) is 19.1 Å². The number of rotatable bonds is 6. The maximum atomic E-state index is 12.2. The molecule has 0 bridgehead atoms. The average molecular weight is 363 g/mol. The molecule has 0 fully saturated rings. The van der Waals surface area contributed by atoms with Crippen LogP contribution >= 0.6 is 0 Å². The lowest BCUT2D eigenvalue weighted by Gasteiger charge is -2.13. The van der Waals surface area contributed by atoms with Crippen LogP contribution in [-0.4, -0.2) is 37.3 Å². The maximum absolute atomic E-state index is 12.2. The lowest BCUT2D eigenvalue weighted by Crippen LogP contribution is -2.29. The molecule has 1 heterocycles. The number of carbonyl (C=O) groups is 1. The van der Waals surface area contributed by atoms with Gasteiger partial charge in [-0.05, 0) is 30.2 Å². The number of benzene rings is 1. The summed E-state index contributed by atoms with van der Waals surface area (Å²) < 4.78 is 26.4. The zero-order valence-electron chi connectivity index (χ0n) is 14.4. The molecule has 134 valence electrons. The average Bonchev–Trinajstić information content (AvgIpc) is 2.57. The lowest BCUT2D eigenvalue weighted by molar-refractivity contribution is -0.116. The Kier molecular flexibility index (Phi) is 5.76. The van der Waals surface area contributed by atoms with Gasteiger partial charge in [0.15, 0.2) is 0 Å². The summed E-state index contributed by atoms with van der Waals surface area (Å²) in [7, 11) is -0.876. The summed E-state index contributed by atoms with van der Waals surface area (Å²) >= 11 is 0. The van der Waals surface area contributed by atoms with Gasteiger partial charge in [-0.15, -0.1) is 0 Å². The Morgan fingerprint density at radius 2 is 1.76 bits per heavy atom. The Balaban J connectivity index is 2.18. The second-order valence-electron chi connectivity index (χ2n) is 5.72. The second-order valence-corrected chi connectivity index (χ2v) is 7.87. The van der Waals surface area contributed by atoms with Crippen molar-refractivity contribution in [2.24, 2.45) is 0 Å². The van der Waals surface area contributed by atoms with Gasteiger partial charge in [-0.3, -0.25) is 9.59 Å². The van der Waals surface area contributed by atoms with Crippen molar-refractivity contribution >= 4 is 21.6 Å². The van der Waals surface area contributed by atoms with Crippen LogP contribution < -0.4 is 10.9 Å². The van der Waals surface area contributed by atoms with E-state index in [1.807, 2.05) is 19.1 Å². The second kappa shape index (κ2) is 7.62. The Morgan fingerprint density at radius 1 is 1.12 bits per heavy atom. The molecule has 0 aliphatic heterocycles. The monoisotopic (exact) mass is 363 g/mol. The highest BCUT2D eigenvalue weighted by Crippen LogP contribution is 2.12. The fraction of sp³-hybridized carbons (Fsp3) is 0.294. The molecule has 0 atom stereocenters. The molecule has 25 heavy (non-hydrogen) atoms.